The third kappa shape index (κ3) is 1.84. The number of hydrogen-bond donors (Lipinski definition) is 2. The maximum Gasteiger partial charge on any atom is 0.106 e. The van der Waals surface area contributed by atoms with Gasteiger partial charge in [0.15, 0.2) is 0 Å². The van der Waals surface area contributed by atoms with Gasteiger partial charge in [0, 0.05) is 5.41 Å². The van der Waals surface area contributed by atoms with Crippen LogP contribution in [0.2, 0.25) is 0 Å². The lowest BCUT2D eigenvalue weighted by Gasteiger charge is -2.58. The van der Waals surface area contributed by atoms with E-state index in [1.54, 1.807) is 0 Å². The summed E-state index contributed by atoms with van der Waals surface area (Å²) in [6.45, 7) is 4.45. The van der Waals surface area contributed by atoms with Crippen LogP contribution in [-0.2, 0) is 0 Å². The SMILES string of the molecule is C[C@]12CCC(O)CC1=CC(O)[C@@H]1[C@H]2CC[C@]2(C)C(F)CC[C@@H]12. The molecule has 0 aromatic heterocycles. The molecule has 0 aromatic rings. The number of fused-ring (bicyclic) bond motifs is 5. The van der Waals surface area contributed by atoms with E-state index in [0.29, 0.717) is 24.7 Å². The molecule has 8 atom stereocenters. The second-order valence-corrected chi connectivity index (χ2v) is 8.88. The molecule has 2 nitrogen and oxygen atoms in total. The van der Waals surface area contributed by atoms with Crippen molar-refractivity contribution in [3.05, 3.63) is 11.6 Å². The van der Waals surface area contributed by atoms with Crippen LogP contribution in [0.4, 0.5) is 4.39 Å². The van der Waals surface area contributed by atoms with Crippen molar-refractivity contribution in [2.45, 2.75) is 77.2 Å². The van der Waals surface area contributed by atoms with Gasteiger partial charge in [-0.15, -0.1) is 0 Å². The number of alkyl halides is 1. The van der Waals surface area contributed by atoms with Crippen molar-refractivity contribution >= 4 is 0 Å². The topological polar surface area (TPSA) is 40.5 Å². The van der Waals surface area contributed by atoms with Crippen LogP contribution in [0.25, 0.3) is 0 Å². The van der Waals surface area contributed by atoms with Crippen molar-refractivity contribution in [3.8, 4) is 0 Å². The standard InChI is InChI=1S/C19H29FO2/c1-18-7-5-12(21)9-11(18)10-15(22)17-13-3-4-16(20)19(13,2)8-6-14(17)18/h10,12-17,21-22H,3-9H2,1-2H3/t12?,13-,14+,15?,16?,17-,18-,19-/m0/s1. The minimum Gasteiger partial charge on any atom is -0.393 e. The normalized spacial score (nSPS) is 57.6. The Balaban J connectivity index is 1.73. The second kappa shape index (κ2) is 4.80. The summed E-state index contributed by atoms with van der Waals surface area (Å²) in [7, 11) is 0. The number of halogens is 1. The molecule has 4 aliphatic carbocycles. The smallest absolute Gasteiger partial charge is 0.106 e. The van der Waals surface area contributed by atoms with Crippen molar-refractivity contribution in [1.29, 1.82) is 0 Å². The Labute approximate surface area is 132 Å². The molecule has 0 radical (unpaired) electrons. The van der Waals surface area contributed by atoms with E-state index in [9.17, 15) is 14.6 Å². The van der Waals surface area contributed by atoms with Gasteiger partial charge in [0.25, 0.3) is 0 Å². The lowest BCUT2D eigenvalue weighted by atomic mass is 9.47. The van der Waals surface area contributed by atoms with E-state index in [-0.39, 0.29) is 22.9 Å². The molecule has 0 spiro atoms. The van der Waals surface area contributed by atoms with E-state index >= 15 is 0 Å². The molecule has 3 fully saturated rings. The monoisotopic (exact) mass is 308 g/mol. The largest absolute Gasteiger partial charge is 0.393 e. The lowest BCUT2D eigenvalue weighted by molar-refractivity contribution is -0.0948. The molecular formula is C19H29FO2. The first-order chi connectivity index (χ1) is 10.4. The lowest BCUT2D eigenvalue weighted by Crippen LogP contribution is -2.54. The van der Waals surface area contributed by atoms with Crippen LogP contribution in [0, 0.1) is 28.6 Å². The van der Waals surface area contributed by atoms with Crippen molar-refractivity contribution in [2.24, 2.45) is 28.6 Å². The number of hydrogen-bond acceptors (Lipinski definition) is 2. The first-order valence-corrected chi connectivity index (χ1v) is 9.07. The van der Waals surface area contributed by atoms with Crippen LogP contribution in [0.1, 0.15) is 58.8 Å². The van der Waals surface area contributed by atoms with Gasteiger partial charge < -0.3 is 10.2 Å². The number of aliphatic hydroxyl groups excluding tert-OH is 2. The van der Waals surface area contributed by atoms with Crippen molar-refractivity contribution in [3.63, 3.8) is 0 Å². The minimum atomic E-state index is -0.697. The predicted octanol–water partition coefficient (Wildman–Crippen LogP) is 3.62. The molecule has 3 unspecified atom stereocenters. The molecule has 2 N–H and O–H groups in total. The number of rotatable bonds is 0. The van der Waals surface area contributed by atoms with E-state index in [0.717, 1.165) is 32.1 Å². The van der Waals surface area contributed by atoms with E-state index in [1.165, 1.54) is 5.57 Å². The fourth-order valence-electron chi connectivity index (χ4n) is 6.57. The molecule has 0 amide bonds. The van der Waals surface area contributed by atoms with Crippen LogP contribution >= 0.6 is 0 Å². The van der Waals surface area contributed by atoms with Gasteiger partial charge in [0.2, 0.25) is 0 Å². The summed E-state index contributed by atoms with van der Waals surface area (Å²) in [5.74, 6) is 0.986. The highest BCUT2D eigenvalue weighted by atomic mass is 19.1. The average molecular weight is 308 g/mol. The summed E-state index contributed by atoms with van der Waals surface area (Å²) in [6, 6.07) is 0. The third-order valence-corrected chi connectivity index (χ3v) is 7.99. The summed E-state index contributed by atoms with van der Waals surface area (Å²) in [5, 5.41) is 20.8. The Kier molecular flexibility index (Phi) is 3.30. The molecule has 4 rings (SSSR count). The maximum atomic E-state index is 14.5. The molecule has 0 heterocycles. The first kappa shape index (κ1) is 15.1. The van der Waals surface area contributed by atoms with Crippen LogP contribution in [-0.4, -0.2) is 28.6 Å². The zero-order valence-corrected chi connectivity index (χ0v) is 13.8. The average Bonchev–Trinajstić information content (AvgIpc) is 2.77. The predicted molar refractivity (Wildman–Crippen MR) is 84.0 cm³/mol. The van der Waals surface area contributed by atoms with Gasteiger partial charge in [-0.2, -0.15) is 0 Å². The van der Waals surface area contributed by atoms with E-state index < -0.39 is 12.3 Å². The molecule has 0 aliphatic heterocycles. The van der Waals surface area contributed by atoms with Gasteiger partial charge >= 0.3 is 0 Å². The highest BCUT2D eigenvalue weighted by molar-refractivity contribution is 5.27. The van der Waals surface area contributed by atoms with E-state index in [1.807, 2.05) is 6.08 Å². The van der Waals surface area contributed by atoms with Crippen LogP contribution < -0.4 is 0 Å². The van der Waals surface area contributed by atoms with Crippen LogP contribution in [0.15, 0.2) is 11.6 Å². The molecular weight excluding hydrogens is 279 g/mol. The van der Waals surface area contributed by atoms with Crippen molar-refractivity contribution in [2.75, 3.05) is 0 Å². The third-order valence-electron chi connectivity index (χ3n) is 7.99. The summed E-state index contributed by atoms with van der Waals surface area (Å²) in [4.78, 5) is 0. The Bertz CT molecular complexity index is 504. The van der Waals surface area contributed by atoms with Gasteiger partial charge in [-0.3, -0.25) is 0 Å². The summed E-state index contributed by atoms with van der Waals surface area (Å²) in [5.41, 5.74) is 1.15. The fourth-order valence-corrected chi connectivity index (χ4v) is 6.57. The molecule has 0 aromatic carbocycles. The summed E-state index contributed by atoms with van der Waals surface area (Å²) in [6.07, 6.45) is 6.80. The van der Waals surface area contributed by atoms with Gasteiger partial charge in [-0.05, 0) is 68.1 Å². The minimum absolute atomic E-state index is 0.110. The zero-order chi connectivity index (χ0) is 15.7. The van der Waals surface area contributed by atoms with Crippen LogP contribution in [0.3, 0.4) is 0 Å². The molecule has 0 saturated heterocycles. The number of aliphatic hydroxyl groups is 2. The maximum absolute atomic E-state index is 14.5. The Hall–Kier alpha value is -0.410. The van der Waals surface area contributed by atoms with Crippen molar-refractivity contribution in [1.82, 2.24) is 0 Å². The molecule has 3 saturated carbocycles. The summed E-state index contributed by atoms with van der Waals surface area (Å²) < 4.78 is 14.5. The Morgan fingerprint density at radius 1 is 1.05 bits per heavy atom. The highest BCUT2D eigenvalue weighted by Gasteiger charge is 2.60. The summed E-state index contributed by atoms with van der Waals surface area (Å²) >= 11 is 0. The van der Waals surface area contributed by atoms with E-state index in [2.05, 4.69) is 13.8 Å². The van der Waals surface area contributed by atoms with Gasteiger partial charge in [0.05, 0.1) is 12.2 Å². The van der Waals surface area contributed by atoms with Gasteiger partial charge in [-0.1, -0.05) is 25.5 Å². The Morgan fingerprint density at radius 3 is 2.59 bits per heavy atom. The fraction of sp³-hybridized carbons (Fsp3) is 0.895. The molecule has 3 heteroatoms. The first-order valence-electron chi connectivity index (χ1n) is 9.07. The molecule has 22 heavy (non-hydrogen) atoms. The second-order valence-electron chi connectivity index (χ2n) is 8.88. The molecule has 0 bridgehead atoms. The molecule has 4 aliphatic rings. The highest BCUT2D eigenvalue weighted by Crippen LogP contribution is 2.65. The van der Waals surface area contributed by atoms with Crippen LogP contribution in [0.5, 0.6) is 0 Å². The zero-order valence-electron chi connectivity index (χ0n) is 13.8. The quantitative estimate of drug-likeness (QED) is 0.671. The van der Waals surface area contributed by atoms with Crippen molar-refractivity contribution < 1.29 is 14.6 Å². The van der Waals surface area contributed by atoms with Gasteiger partial charge in [-0.25, -0.2) is 4.39 Å². The van der Waals surface area contributed by atoms with Gasteiger partial charge in [0.1, 0.15) is 6.17 Å². The Morgan fingerprint density at radius 2 is 1.82 bits per heavy atom. The molecule has 124 valence electrons. The van der Waals surface area contributed by atoms with E-state index in [4.69, 9.17) is 0 Å².